The van der Waals surface area contributed by atoms with Crippen LogP contribution in [0.1, 0.15) is 19.8 Å². The van der Waals surface area contributed by atoms with Gasteiger partial charge in [0.05, 0.1) is 23.6 Å². The highest BCUT2D eigenvalue weighted by Gasteiger charge is 2.29. The van der Waals surface area contributed by atoms with Crippen LogP contribution < -0.4 is 10.6 Å². The number of hydrogen-bond donors (Lipinski definition) is 1. The first-order valence-electron chi connectivity index (χ1n) is 9.65. The predicted molar refractivity (Wildman–Crippen MR) is 108 cm³/mol. The van der Waals surface area contributed by atoms with E-state index in [0.29, 0.717) is 41.6 Å². The third-order valence-corrected chi connectivity index (χ3v) is 5.17. The average molecular weight is 398 g/mol. The Labute approximate surface area is 167 Å². The van der Waals surface area contributed by atoms with Crippen molar-refractivity contribution in [2.45, 2.75) is 19.8 Å². The Hall–Kier alpha value is -3.23. The van der Waals surface area contributed by atoms with Crippen molar-refractivity contribution in [3.8, 4) is 11.3 Å². The molecule has 4 rings (SSSR count). The number of carbonyl (C=O) groups excluding carboxylic acids is 1. The molecule has 0 radical (unpaired) electrons. The second-order valence-electron chi connectivity index (χ2n) is 7.12. The highest BCUT2D eigenvalue weighted by atomic mass is 19.1. The van der Waals surface area contributed by atoms with E-state index in [9.17, 15) is 9.18 Å². The van der Waals surface area contributed by atoms with Crippen molar-refractivity contribution in [1.29, 1.82) is 0 Å². The van der Waals surface area contributed by atoms with Crippen molar-refractivity contribution >= 4 is 28.8 Å². The number of hydrogen-bond acceptors (Lipinski definition) is 7. The fourth-order valence-corrected chi connectivity index (χ4v) is 3.67. The molecule has 0 aliphatic carbocycles. The van der Waals surface area contributed by atoms with Gasteiger partial charge >= 0.3 is 5.97 Å². The summed E-state index contributed by atoms with van der Waals surface area (Å²) in [7, 11) is 1.74. The SMILES string of the molecule is CCOC(=O)C1CCCN(c2nc(-c3ccc(F)cc3)c3c(N)n(C)nc3n2)C1. The van der Waals surface area contributed by atoms with Crippen LogP contribution in [0.25, 0.3) is 22.3 Å². The smallest absolute Gasteiger partial charge is 0.310 e. The quantitative estimate of drug-likeness (QED) is 0.674. The normalized spacial score (nSPS) is 16.9. The zero-order valence-electron chi connectivity index (χ0n) is 16.4. The molecule has 0 amide bonds. The maximum Gasteiger partial charge on any atom is 0.310 e. The molecule has 1 unspecified atom stereocenters. The zero-order chi connectivity index (χ0) is 20.5. The van der Waals surface area contributed by atoms with Crippen molar-refractivity contribution in [2.24, 2.45) is 13.0 Å². The molecule has 0 bridgehead atoms. The van der Waals surface area contributed by atoms with Crippen LogP contribution in [-0.2, 0) is 16.6 Å². The molecular weight excluding hydrogens is 375 g/mol. The number of rotatable bonds is 4. The maximum atomic E-state index is 13.4. The summed E-state index contributed by atoms with van der Waals surface area (Å²) < 4.78 is 20.2. The van der Waals surface area contributed by atoms with Gasteiger partial charge in [0.25, 0.3) is 0 Å². The Morgan fingerprint density at radius 3 is 2.79 bits per heavy atom. The van der Waals surface area contributed by atoms with Crippen molar-refractivity contribution < 1.29 is 13.9 Å². The van der Waals surface area contributed by atoms with Gasteiger partial charge in [-0.15, -0.1) is 0 Å². The number of esters is 1. The molecule has 29 heavy (non-hydrogen) atoms. The molecule has 3 aromatic rings. The molecule has 8 nitrogen and oxygen atoms in total. The third-order valence-electron chi connectivity index (χ3n) is 5.17. The van der Waals surface area contributed by atoms with Gasteiger partial charge in [-0.3, -0.25) is 9.48 Å². The van der Waals surface area contributed by atoms with E-state index in [1.54, 1.807) is 30.8 Å². The molecule has 9 heteroatoms. The first kappa shape index (κ1) is 19.1. The number of nitrogen functional groups attached to an aromatic ring is 1. The Kier molecular flexibility index (Phi) is 5.04. The molecule has 1 saturated heterocycles. The fourth-order valence-electron chi connectivity index (χ4n) is 3.67. The van der Waals surface area contributed by atoms with E-state index in [-0.39, 0.29) is 17.7 Å². The summed E-state index contributed by atoms with van der Waals surface area (Å²) in [5, 5.41) is 5.03. The van der Waals surface area contributed by atoms with Gasteiger partial charge in [-0.25, -0.2) is 9.37 Å². The molecule has 0 spiro atoms. The Morgan fingerprint density at radius 2 is 2.07 bits per heavy atom. The van der Waals surface area contributed by atoms with Gasteiger partial charge in [0.2, 0.25) is 5.95 Å². The third kappa shape index (κ3) is 3.59. The number of aryl methyl sites for hydroxylation is 1. The van der Waals surface area contributed by atoms with Crippen LogP contribution in [0.2, 0.25) is 0 Å². The molecule has 1 aliphatic rings. The number of nitrogens with two attached hydrogens (primary N) is 1. The van der Waals surface area contributed by atoms with Crippen LogP contribution in [0.15, 0.2) is 24.3 Å². The lowest BCUT2D eigenvalue weighted by atomic mass is 9.98. The van der Waals surface area contributed by atoms with Crippen molar-refractivity contribution in [1.82, 2.24) is 19.7 Å². The Morgan fingerprint density at radius 1 is 1.31 bits per heavy atom. The van der Waals surface area contributed by atoms with E-state index >= 15 is 0 Å². The number of aromatic nitrogens is 4. The summed E-state index contributed by atoms with van der Waals surface area (Å²) >= 11 is 0. The van der Waals surface area contributed by atoms with E-state index in [0.717, 1.165) is 24.9 Å². The number of piperidine rings is 1. The minimum atomic E-state index is -0.327. The second-order valence-corrected chi connectivity index (χ2v) is 7.12. The number of halogens is 1. The van der Waals surface area contributed by atoms with Crippen molar-refractivity contribution in [3.05, 3.63) is 30.1 Å². The van der Waals surface area contributed by atoms with E-state index in [4.69, 9.17) is 15.5 Å². The van der Waals surface area contributed by atoms with Crippen LogP contribution in [0.4, 0.5) is 16.2 Å². The monoisotopic (exact) mass is 398 g/mol. The molecule has 1 fully saturated rings. The summed E-state index contributed by atoms with van der Waals surface area (Å²) in [6.07, 6.45) is 1.61. The maximum absolute atomic E-state index is 13.4. The van der Waals surface area contributed by atoms with Gasteiger partial charge in [-0.2, -0.15) is 10.1 Å². The van der Waals surface area contributed by atoms with E-state index in [1.165, 1.54) is 12.1 Å². The summed E-state index contributed by atoms with van der Waals surface area (Å²) in [4.78, 5) is 23.5. The van der Waals surface area contributed by atoms with Crippen LogP contribution in [0, 0.1) is 11.7 Å². The molecular formula is C20H23FN6O2. The summed E-state index contributed by atoms with van der Waals surface area (Å²) in [5.41, 5.74) is 7.98. The van der Waals surface area contributed by atoms with Crippen LogP contribution in [0.5, 0.6) is 0 Å². The van der Waals surface area contributed by atoms with Crippen LogP contribution in [-0.4, -0.2) is 45.4 Å². The van der Waals surface area contributed by atoms with Gasteiger partial charge in [-0.05, 0) is 44.0 Å². The molecule has 0 saturated carbocycles. The van der Waals surface area contributed by atoms with Gasteiger partial charge in [0, 0.05) is 25.7 Å². The minimum Gasteiger partial charge on any atom is -0.466 e. The second kappa shape index (κ2) is 7.65. The van der Waals surface area contributed by atoms with Gasteiger partial charge in [0.15, 0.2) is 5.65 Å². The van der Waals surface area contributed by atoms with Gasteiger partial charge in [-0.1, -0.05) is 0 Å². The number of benzene rings is 1. The van der Waals surface area contributed by atoms with Crippen molar-refractivity contribution in [2.75, 3.05) is 30.3 Å². The number of nitrogens with zero attached hydrogens (tertiary/aromatic N) is 5. The fraction of sp³-hybridized carbons (Fsp3) is 0.400. The zero-order valence-corrected chi connectivity index (χ0v) is 16.4. The number of carbonyl (C=O) groups is 1. The van der Waals surface area contributed by atoms with Crippen LogP contribution in [0.3, 0.4) is 0 Å². The largest absolute Gasteiger partial charge is 0.466 e. The molecule has 2 N–H and O–H groups in total. The summed E-state index contributed by atoms with van der Waals surface area (Å²) in [6, 6.07) is 6.08. The van der Waals surface area contributed by atoms with Crippen molar-refractivity contribution in [3.63, 3.8) is 0 Å². The lowest BCUT2D eigenvalue weighted by Gasteiger charge is -2.31. The molecule has 3 heterocycles. The topological polar surface area (TPSA) is 99.2 Å². The first-order chi connectivity index (χ1) is 14.0. The molecule has 2 aromatic heterocycles. The van der Waals surface area contributed by atoms with Gasteiger partial charge < -0.3 is 15.4 Å². The standard InChI is InChI=1S/C20H23FN6O2/c1-3-29-19(28)13-5-4-10-27(11-13)20-23-16(12-6-8-14(21)9-7-12)15-17(22)26(2)25-18(15)24-20/h6-9,13H,3-5,10-11,22H2,1-2H3. The highest BCUT2D eigenvalue weighted by molar-refractivity contribution is 5.98. The van der Waals surface area contributed by atoms with E-state index < -0.39 is 0 Å². The van der Waals surface area contributed by atoms with Gasteiger partial charge in [0.1, 0.15) is 11.6 Å². The number of fused-ring (bicyclic) bond motifs is 1. The minimum absolute atomic E-state index is 0.195. The number of ether oxygens (including phenoxy) is 1. The lowest BCUT2D eigenvalue weighted by Crippen LogP contribution is -2.40. The molecule has 1 aromatic carbocycles. The number of anilines is 2. The summed E-state index contributed by atoms with van der Waals surface area (Å²) in [5.74, 6) is 0.176. The molecule has 1 aliphatic heterocycles. The highest BCUT2D eigenvalue weighted by Crippen LogP contribution is 2.33. The Bertz CT molecular complexity index is 1050. The lowest BCUT2D eigenvalue weighted by molar-refractivity contribution is -0.148. The predicted octanol–water partition coefficient (Wildman–Crippen LogP) is 2.53. The van der Waals surface area contributed by atoms with Crippen LogP contribution >= 0.6 is 0 Å². The first-order valence-corrected chi connectivity index (χ1v) is 9.65. The Balaban J connectivity index is 1.77. The average Bonchev–Trinajstić information content (AvgIpc) is 3.02. The molecule has 152 valence electrons. The van der Waals surface area contributed by atoms with E-state index in [2.05, 4.69) is 10.1 Å². The molecule has 1 atom stereocenters. The summed E-state index contributed by atoms with van der Waals surface area (Å²) in [6.45, 7) is 3.37. The van der Waals surface area contributed by atoms with E-state index in [1.807, 2.05) is 4.90 Å².